The molecule has 0 aliphatic heterocycles. The molecule has 0 radical (unpaired) electrons. The molecule has 0 atom stereocenters. The summed E-state index contributed by atoms with van der Waals surface area (Å²) in [6.45, 7) is 4.32. The minimum absolute atomic E-state index is 0.00472. The van der Waals surface area contributed by atoms with Crippen LogP contribution in [-0.4, -0.2) is 23.5 Å². The van der Waals surface area contributed by atoms with Crippen LogP contribution in [-0.2, 0) is 4.79 Å². The second kappa shape index (κ2) is 6.48. The maximum atomic E-state index is 11.4. The van der Waals surface area contributed by atoms with E-state index in [1.54, 1.807) is 18.3 Å². The van der Waals surface area contributed by atoms with Gasteiger partial charge in [-0.1, -0.05) is 0 Å². The zero-order valence-corrected chi connectivity index (χ0v) is 10.0. The van der Waals surface area contributed by atoms with Crippen molar-refractivity contribution < 1.29 is 4.79 Å². The average Bonchev–Trinajstić information content (AvgIpc) is 2.28. The lowest BCUT2D eigenvalue weighted by atomic mass is 10.3. The monoisotopic (exact) mass is 232 g/mol. The maximum Gasteiger partial charge on any atom is 0.221 e. The summed E-state index contributed by atoms with van der Waals surface area (Å²) in [5.41, 5.74) is 1.00. The number of aromatic nitrogens is 1. The van der Waals surface area contributed by atoms with Gasteiger partial charge in [-0.2, -0.15) is 5.26 Å². The Kier molecular flexibility index (Phi) is 4.95. The van der Waals surface area contributed by atoms with Gasteiger partial charge in [0.05, 0.1) is 5.69 Å². The zero-order chi connectivity index (χ0) is 12.7. The molecule has 0 saturated carbocycles. The molecule has 0 aromatic carbocycles. The number of anilines is 1. The van der Waals surface area contributed by atoms with E-state index in [0.717, 1.165) is 0 Å². The van der Waals surface area contributed by atoms with Crippen LogP contribution < -0.4 is 10.6 Å². The van der Waals surface area contributed by atoms with Gasteiger partial charge in [0, 0.05) is 25.2 Å². The molecular formula is C12H16N4O. The van der Waals surface area contributed by atoms with Gasteiger partial charge in [0.15, 0.2) is 5.69 Å². The van der Waals surface area contributed by atoms with Gasteiger partial charge < -0.3 is 10.6 Å². The highest BCUT2D eigenvalue weighted by Crippen LogP contribution is 2.10. The maximum absolute atomic E-state index is 11.4. The Balaban J connectivity index is 2.41. The van der Waals surface area contributed by atoms with Crippen molar-refractivity contribution in [3.63, 3.8) is 0 Å². The van der Waals surface area contributed by atoms with Crippen molar-refractivity contribution in [3.8, 4) is 6.07 Å². The summed E-state index contributed by atoms with van der Waals surface area (Å²) < 4.78 is 0. The van der Waals surface area contributed by atoms with Gasteiger partial charge in [0.25, 0.3) is 0 Å². The van der Waals surface area contributed by atoms with Gasteiger partial charge in [-0.3, -0.25) is 4.79 Å². The highest BCUT2D eigenvalue weighted by molar-refractivity contribution is 5.76. The lowest BCUT2D eigenvalue weighted by molar-refractivity contribution is -0.121. The first-order chi connectivity index (χ1) is 8.13. The van der Waals surface area contributed by atoms with Crippen LogP contribution in [0.1, 0.15) is 26.0 Å². The second-order valence-corrected chi connectivity index (χ2v) is 3.91. The molecule has 0 saturated heterocycles. The summed E-state index contributed by atoms with van der Waals surface area (Å²) in [6, 6.07) is 5.66. The molecule has 1 heterocycles. The number of nitrogens with one attached hydrogen (secondary N) is 2. The molecule has 0 aliphatic carbocycles. The van der Waals surface area contributed by atoms with Gasteiger partial charge in [-0.15, -0.1) is 0 Å². The fourth-order valence-corrected chi connectivity index (χ4v) is 1.34. The van der Waals surface area contributed by atoms with Crippen LogP contribution in [0.3, 0.4) is 0 Å². The quantitative estimate of drug-likeness (QED) is 0.801. The Hall–Kier alpha value is -2.09. The molecule has 5 heteroatoms. The van der Waals surface area contributed by atoms with Gasteiger partial charge in [-0.25, -0.2) is 4.98 Å². The number of nitrogens with zero attached hydrogens (tertiary/aromatic N) is 2. The van der Waals surface area contributed by atoms with E-state index in [1.165, 1.54) is 0 Å². The lowest BCUT2D eigenvalue weighted by Gasteiger charge is -2.09. The minimum Gasteiger partial charge on any atom is -0.382 e. The first kappa shape index (κ1) is 13.0. The molecular weight excluding hydrogens is 216 g/mol. The highest BCUT2D eigenvalue weighted by Gasteiger charge is 2.04. The van der Waals surface area contributed by atoms with E-state index in [-0.39, 0.29) is 11.9 Å². The van der Waals surface area contributed by atoms with E-state index in [0.29, 0.717) is 24.3 Å². The smallest absolute Gasteiger partial charge is 0.221 e. The average molecular weight is 232 g/mol. The first-order valence-electron chi connectivity index (χ1n) is 5.52. The zero-order valence-electron chi connectivity index (χ0n) is 10.0. The summed E-state index contributed by atoms with van der Waals surface area (Å²) in [5.74, 6) is -0.00472. The van der Waals surface area contributed by atoms with E-state index in [1.807, 2.05) is 19.9 Å². The fraction of sp³-hybridized carbons (Fsp3) is 0.417. The third-order valence-electron chi connectivity index (χ3n) is 2.03. The Morgan fingerprint density at radius 3 is 3.00 bits per heavy atom. The van der Waals surface area contributed by atoms with Crippen molar-refractivity contribution in [3.05, 3.63) is 24.0 Å². The molecule has 0 aliphatic rings. The summed E-state index contributed by atoms with van der Waals surface area (Å²) in [6.07, 6.45) is 1.94. The van der Waals surface area contributed by atoms with Crippen molar-refractivity contribution in [2.45, 2.75) is 26.3 Å². The normalized spacial score (nSPS) is 9.76. The van der Waals surface area contributed by atoms with E-state index in [9.17, 15) is 4.79 Å². The van der Waals surface area contributed by atoms with E-state index in [4.69, 9.17) is 5.26 Å². The number of nitriles is 1. The molecule has 0 spiro atoms. The molecule has 0 unspecified atom stereocenters. The Labute approximate surface area is 101 Å². The molecule has 90 valence electrons. The number of rotatable bonds is 5. The van der Waals surface area contributed by atoms with Crippen LogP contribution in [0.4, 0.5) is 5.69 Å². The minimum atomic E-state index is -0.00472. The summed E-state index contributed by atoms with van der Waals surface area (Å²) in [4.78, 5) is 15.3. The van der Waals surface area contributed by atoms with Crippen molar-refractivity contribution >= 4 is 11.6 Å². The SMILES string of the molecule is CC(C)NC(=O)CCNc1cccnc1C#N. The largest absolute Gasteiger partial charge is 0.382 e. The molecule has 1 aromatic rings. The number of carbonyl (C=O) groups is 1. The third-order valence-corrected chi connectivity index (χ3v) is 2.03. The first-order valence-corrected chi connectivity index (χ1v) is 5.52. The topological polar surface area (TPSA) is 77.8 Å². The van der Waals surface area contributed by atoms with E-state index >= 15 is 0 Å². The Morgan fingerprint density at radius 1 is 1.59 bits per heavy atom. The molecule has 1 rings (SSSR count). The van der Waals surface area contributed by atoms with Crippen molar-refractivity contribution in [2.24, 2.45) is 0 Å². The molecule has 17 heavy (non-hydrogen) atoms. The number of amides is 1. The van der Waals surface area contributed by atoms with Crippen molar-refractivity contribution in [1.29, 1.82) is 5.26 Å². The van der Waals surface area contributed by atoms with Crippen LogP contribution >= 0.6 is 0 Å². The number of carbonyl (C=O) groups excluding carboxylic acids is 1. The predicted molar refractivity (Wildman–Crippen MR) is 65.3 cm³/mol. The Bertz CT molecular complexity index is 423. The van der Waals surface area contributed by atoms with Crippen molar-refractivity contribution in [1.82, 2.24) is 10.3 Å². The second-order valence-electron chi connectivity index (χ2n) is 3.91. The van der Waals surface area contributed by atoms with Gasteiger partial charge in [0.2, 0.25) is 5.91 Å². The molecule has 5 nitrogen and oxygen atoms in total. The van der Waals surface area contributed by atoms with Gasteiger partial charge in [0.1, 0.15) is 6.07 Å². The van der Waals surface area contributed by atoms with Gasteiger partial charge >= 0.3 is 0 Å². The summed E-state index contributed by atoms with van der Waals surface area (Å²) in [7, 11) is 0. The highest BCUT2D eigenvalue weighted by atomic mass is 16.1. The van der Waals surface area contributed by atoms with Crippen LogP contribution in [0.5, 0.6) is 0 Å². The lowest BCUT2D eigenvalue weighted by Crippen LogP contribution is -2.31. The predicted octanol–water partition coefficient (Wildman–Crippen LogP) is 1.28. The molecule has 1 amide bonds. The standard InChI is InChI=1S/C12H16N4O/c1-9(2)16-12(17)5-7-15-10-4-3-6-14-11(10)8-13/h3-4,6,9,15H,5,7H2,1-2H3,(H,16,17). The van der Waals surface area contributed by atoms with Crippen LogP contribution in [0.15, 0.2) is 18.3 Å². The van der Waals surface area contributed by atoms with Crippen LogP contribution in [0.25, 0.3) is 0 Å². The van der Waals surface area contributed by atoms with E-state index in [2.05, 4.69) is 15.6 Å². The van der Waals surface area contributed by atoms with Crippen LogP contribution in [0, 0.1) is 11.3 Å². The Morgan fingerprint density at radius 2 is 2.35 bits per heavy atom. The van der Waals surface area contributed by atoms with E-state index < -0.39 is 0 Å². The number of hydrogen-bond acceptors (Lipinski definition) is 4. The number of hydrogen-bond donors (Lipinski definition) is 2. The summed E-state index contributed by atoms with van der Waals surface area (Å²) in [5, 5.41) is 14.6. The van der Waals surface area contributed by atoms with Crippen LogP contribution in [0.2, 0.25) is 0 Å². The number of pyridine rings is 1. The third kappa shape index (κ3) is 4.51. The molecule has 1 aromatic heterocycles. The molecule has 2 N–H and O–H groups in total. The van der Waals surface area contributed by atoms with Gasteiger partial charge in [-0.05, 0) is 26.0 Å². The fourth-order valence-electron chi connectivity index (χ4n) is 1.34. The molecule has 0 bridgehead atoms. The molecule has 0 fully saturated rings. The summed E-state index contributed by atoms with van der Waals surface area (Å²) >= 11 is 0. The van der Waals surface area contributed by atoms with Crippen molar-refractivity contribution in [2.75, 3.05) is 11.9 Å².